The molecule has 0 aliphatic carbocycles. The summed E-state index contributed by atoms with van der Waals surface area (Å²) in [5.41, 5.74) is 0. The van der Waals surface area contributed by atoms with Gasteiger partial charge in [-0.05, 0) is 12.8 Å². The van der Waals surface area contributed by atoms with Gasteiger partial charge in [0.25, 0.3) is 0 Å². The number of hydrogen-bond acceptors (Lipinski definition) is 3. The summed E-state index contributed by atoms with van der Waals surface area (Å²) < 4.78 is 0. The molecule has 0 rings (SSSR count). The van der Waals surface area contributed by atoms with Crippen molar-refractivity contribution in [1.29, 1.82) is 0 Å². The van der Waals surface area contributed by atoms with Gasteiger partial charge in [-0.3, -0.25) is 4.79 Å². The predicted molar refractivity (Wildman–Crippen MR) is 226 cm³/mol. The number of amides is 1. The topological polar surface area (TPSA) is 69.6 Å². The van der Waals surface area contributed by atoms with Crippen molar-refractivity contribution in [2.24, 2.45) is 0 Å². The summed E-state index contributed by atoms with van der Waals surface area (Å²) in [7, 11) is 0. The van der Waals surface area contributed by atoms with Gasteiger partial charge in [0.05, 0.1) is 18.8 Å². The zero-order valence-corrected chi connectivity index (χ0v) is 35.2. The van der Waals surface area contributed by atoms with Crippen LogP contribution in [0.5, 0.6) is 0 Å². The highest BCUT2D eigenvalue weighted by molar-refractivity contribution is 5.76. The number of unbranched alkanes of at least 4 members (excludes halogenated alkanes) is 37. The quantitative estimate of drug-likeness (QED) is 0.0549. The first-order valence-corrected chi connectivity index (χ1v) is 23.7. The van der Waals surface area contributed by atoms with E-state index >= 15 is 0 Å². The van der Waals surface area contributed by atoms with Crippen molar-refractivity contribution < 1.29 is 15.0 Å². The Kier molecular flexibility index (Phi) is 43.3. The number of aliphatic hydroxyl groups excluding tert-OH is 2. The second kappa shape index (κ2) is 43.8. The first kappa shape index (κ1) is 50.4. The fraction of sp³-hybridized carbons (Fsp3) is 0.979. The lowest BCUT2D eigenvalue weighted by Gasteiger charge is -2.22. The van der Waals surface area contributed by atoms with E-state index in [0.29, 0.717) is 12.8 Å². The van der Waals surface area contributed by atoms with Crippen molar-refractivity contribution in [2.75, 3.05) is 6.61 Å². The summed E-state index contributed by atoms with van der Waals surface area (Å²) in [6.07, 6.45) is 53.4. The van der Waals surface area contributed by atoms with Crippen LogP contribution in [0.25, 0.3) is 0 Å². The number of rotatable bonds is 44. The molecule has 306 valence electrons. The molecule has 2 unspecified atom stereocenters. The van der Waals surface area contributed by atoms with Gasteiger partial charge < -0.3 is 15.5 Å². The average molecular weight is 722 g/mol. The molecular weight excluding hydrogens is 627 g/mol. The van der Waals surface area contributed by atoms with E-state index in [2.05, 4.69) is 19.2 Å². The van der Waals surface area contributed by atoms with Crippen LogP contribution in [0.4, 0.5) is 0 Å². The Labute approximate surface area is 321 Å². The molecule has 0 aromatic heterocycles. The van der Waals surface area contributed by atoms with Crippen molar-refractivity contribution in [3.05, 3.63) is 0 Å². The number of nitrogens with one attached hydrogen (secondary N) is 1. The summed E-state index contributed by atoms with van der Waals surface area (Å²) in [4.78, 5) is 12.4. The van der Waals surface area contributed by atoms with Crippen LogP contribution in [0, 0.1) is 0 Å². The van der Waals surface area contributed by atoms with E-state index in [1.165, 1.54) is 225 Å². The Morgan fingerprint density at radius 1 is 0.392 bits per heavy atom. The summed E-state index contributed by atoms with van der Waals surface area (Å²) in [5.74, 6) is -0.0267. The molecule has 0 saturated carbocycles. The molecule has 0 aliphatic rings. The highest BCUT2D eigenvalue weighted by atomic mass is 16.3. The second-order valence-corrected chi connectivity index (χ2v) is 16.5. The molecule has 0 fully saturated rings. The van der Waals surface area contributed by atoms with Gasteiger partial charge in [0.15, 0.2) is 0 Å². The largest absolute Gasteiger partial charge is 0.394 e. The Morgan fingerprint density at radius 3 is 0.882 bits per heavy atom. The maximum Gasteiger partial charge on any atom is 0.220 e. The molecule has 0 aromatic carbocycles. The second-order valence-electron chi connectivity index (χ2n) is 16.5. The van der Waals surface area contributed by atoms with E-state index in [1.54, 1.807) is 0 Å². The smallest absolute Gasteiger partial charge is 0.220 e. The van der Waals surface area contributed by atoms with E-state index in [0.717, 1.165) is 25.7 Å². The number of carbonyl (C=O) groups excluding carboxylic acids is 1. The molecule has 1 amide bonds. The Bertz CT molecular complexity index is 655. The minimum atomic E-state index is -0.653. The molecule has 0 heterocycles. The Balaban J connectivity index is 3.41. The lowest BCUT2D eigenvalue weighted by atomic mass is 10.0. The molecule has 0 saturated heterocycles. The molecular formula is C47H95NO3. The average Bonchev–Trinajstić information content (AvgIpc) is 3.13. The molecule has 3 N–H and O–H groups in total. The lowest BCUT2D eigenvalue weighted by molar-refractivity contribution is -0.123. The standard InChI is InChI=1S/C47H95NO3/c1-3-5-7-9-11-13-15-17-18-19-20-21-22-23-24-25-26-27-28-29-31-32-34-36-38-40-42-46(50)45(44-49)48-47(51)43-41-39-37-35-33-30-16-14-12-10-8-6-4-2/h45-46,49-50H,3-44H2,1-2H3,(H,48,51). The zero-order valence-electron chi connectivity index (χ0n) is 35.2. The third kappa shape index (κ3) is 40.4. The number of carbonyl (C=O) groups is 1. The fourth-order valence-electron chi connectivity index (χ4n) is 7.72. The number of hydrogen-bond donors (Lipinski definition) is 3. The third-order valence-corrected chi connectivity index (χ3v) is 11.4. The van der Waals surface area contributed by atoms with E-state index < -0.39 is 12.1 Å². The van der Waals surface area contributed by atoms with Crippen molar-refractivity contribution in [3.8, 4) is 0 Å². The maximum atomic E-state index is 12.4. The SMILES string of the molecule is CCCCCCCCCCCCCCCCCCCCCCCCCCCCC(O)C(CO)NC(=O)CCCCCCCCCCCCCCC. The van der Waals surface area contributed by atoms with E-state index in [4.69, 9.17) is 0 Å². The number of aliphatic hydroxyl groups is 2. The molecule has 0 bridgehead atoms. The summed E-state index contributed by atoms with van der Waals surface area (Å²) in [6, 6.07) is -0.529. The third-order valence-electron chi connectivity index (χ3n) is 11.4. The minimum absolute atomic E-state index is 0.0267. The van der Waals surface area contributed by atoms with E-state index in [9.17, 15) is 15.0 Å². The van der Waals surface area contributed by atoms with Crippen LogP contribution in [0.15, 0.2) is 0 Å². The van der Waals surface area contributed by atoms with Crippen LogP contribution >= 0.6 is 0 Å². The molecule has 2 atom stereocenters. The van der Waals surface area contributed by atoms with Crippen molar-refractivity contribution >= 4 is 5.91 Å². The van der Waals surface area contributed by atoms with Crippen molar-refractivity contribution in [2.45, 2.75) is 289 Å². The van der Waals surface area contributed by atoms with Crippen LogP contribution < -0.4 is 5.32 Å². The highest BCUT2D eigenvalue weighted by Gasteiger charge is 2.20. The van der Waals surface area contributed by atoms with Gasteiger partial charge in [0.1, 0.15) is 0 Å². The minimum Gasteiger partial charge on any atom is -0.394 e. The van der Waals surface area contributed by atoms with Crippen LogP contribution in [-0.4, -0.2) is 34.9 Å². The van der Waals surface area contributed by atoms with E-state index in [-0.39, 0.29) is 12.5 Å². The van der Waals surface area contributed by atoms with Crippen molar-refractivity contribution in [3.63, 3.8) is 0 Å². The predicted octanol–water partition coefficient (Wildman–Crippen LogP) is 14.9. The molecule has 51 heavy (non-hydrogen) atoms. The van der Waals surface area contributed by atoms with Crippen LogP contribution in [-0.2, 0) is 4.79 Å². The van der Waals surface area contributed by atoms with Crippen molar-refractivity contribution in [1.82, 2.24) is 5.32 Å². The first-order chi connectivity index (χ1) is 25.2. The molecule has 0 spiro atoms. The molecule has 0 aromatic rings. The Morgan fingerprint density at radius 2 is 0.627 bits per heavy atom. The van der Waals surface area contributed by atoms with Crippen LogP contribution in [0.3, 0.4) is 0 Å². The lowest BCUT2D eigenvalue weighted by Crippen LogP contribution is -2.45. The normalized spacial score (nSPS) is 12.8. The summed E-state index contributed by atoms with van der Waals surface area (Å²) in [5, 5.41) is 23.2. The van der Waals surface area contributed by atoms with Gasteiger partial charge in [-0.2, -0.15) is 0 Å². The fourth-order valence-corrected chi connectivity index (χ4v) is 7.72. The molecule has 4 heteroatoms. The summed E-state index contributed by atoms with van der Waals surface area (Å²) in [6.45, 7) is 4.38. The van der Waals surface area contributed by atoms with Gasteiger partial charge >= 0.3 is 0 Å². The van der Waals surface area contributed by atoms with Gasteiger partial charge in [0.2, 0.25) is 5.91 Å². The van der Waals surface area contributed by atoms with Gasteiger partial charge in [0, 0.05) is 6.42 Å². The van der Waals surface area contributed by atoms with Gasteiger partial charge in [-0.15, -0.1) is 0 Å². The monoisotopic (exact) mass is 722 g/mol. The molecule has 0 radical (unpaired) electrons. The van der Waals surface area contributed by atoms with Gasteiger partial charge in [-0.25, -0.2) is 0 Å². The Hall–Kier alpha value is -0.610. The zero-order chi connectivity index (χ0) is 37.1. The maximum absolute atomic E-state index is 12.4. The summed E-state index contributed by atoms with van der Waals surface area (Å²) >= 11 is 0. The van der Waals surface area contributed by atoms with Gasteiger partial charge in [-0.1, -0.05) is 258 Å². The molecule has 4 nitrogen and oxygen atoms in total. The van der Waals surface area contributed by atoms with Crippen LogP contribution in [0.1, 0.15) is 277 Å². The highest BCUT2D eigenvalue weighted by Crippen LogP contribution is 2.17. The first-order valence-electron chi connectivity index (χ1n) is 23.7. The van der Waals surface area contributed by atoms with E-state index in [1.807, 2.05) is 0 Å². The van der Waals surface area contributed by atoms with Crippen LogP contribution in [0.2, 0.25) is 0 Å². The molecule has 0 aliphatic heterocycles.